The van der Waals surface area contributed by atoms with Crippen molar-refractivity contribution in [2.45, 2.75) is 46.1 Å². The average molecular weight is 440 g/mol. The Kier molecular flexibility index (Phi) is 7.17. The van der Waals surface area contributed by atoms with Crippen LogP contribution in [0, 0.1) is 11.8 Å². The molecule has 0 aromatic carbocycles. The fraction of sp³-hybridized carbons (Fsp3) is 0.565. The van der Waals surface area contributed by atoms with E-state index >= 15 is 0 Å². The molecule has 2 saturated heterocycles. The van der Waals surface area contributed by atoms with Crippen LogP contribution in [0.25, 0.3) is 0 Å². The summed E-state index contributed by atoms with van der Waals surface area (Å²) in [7, 11) is 0. The molecule has 166 valence electrons. The first kappa shape index (κ1) is 21.7. The van der Waals surface area contributed by atoms with Gasteiger partial charge in [-0.1, -0.05) is 19.9 Å². The molecule has 2 fully saturated rings. The summed E-state index contributed by atoms with van der Waals surface area (Å²) in [4.78, 5) is 18.6. The number of rotatable bonds is 5. The van der Waals surface area contributed by atoms with E-state index in [0.29, 0.717) is 29.4 Å². The molecule has 0 bridgehead atoms. The Morgan fingerprint density at radius 1 is 1.06 bits per heavy atom. The zero-order valence-electron chi connectivity index (χ0n) is 18.5. The smallest absolute Gasteiger partial charge is 0.232 e. The maximum atomic E-state index is 5.52. The summed E-state index contributed by atoms with van der Waals surface area (Å²) < 4.78 is 0. The minimum atomic E-state index is 0.519. The van der Waals surface area contributed by atoms with Gasteiger partial charge >= 0.3 is 0 Å². The molecule has 2 aliphatic heterocycles. The van der Waals surface area contributed by atoms with Gasteiger partial charge < -0.3 is 20.4 Å². The van der Waals surface area contributed by atoms with Gasteiger partial charge in [0.15, 0.2) is 5.11 Å². The van der Waals surface area contributed by atoms with Gasteiger partial charge in [-0.3, -0.25) is 4.98 Å². The second-order valence-electron chi connectivity index (χ2n) is 8.98. The lowest BCUT2D eigenvalue weighted by atomic mass is 9.92. The molecular weight excluding hydrogens is 406 g/mol. The highest BCUT2D eigenvalue weighted by Crippen LogP contribution is 2.29. The number of nitrogens with one attached hydrogen (secondary N) is 2. The second-order valence-corrected chi connectivity index (χ2v) is 9.38. The molecule has 0 saturated carbocycles. The van der Waals surface area contributed by atoms with Gasteiger partial charge in [-0.05, 0) is 61.4 Å². The van der Waals surface area contributed by atoms with Crippen molar-refractivity contribution in [3.8, 4) is 0 Å². The molecule has 0 radical (unpaired) electrons. The minimum Gasteiger partial charge on any atom is -0.358 e. The summed E-state index contributed by atoms with van der Waals surface area (Å²) >= 11 is 5.52. The molecule has 0 spiro atoms. The van der Waals surface area contributed by atoms with E-state index in [1.54, 1.807) is 6.20 Å². The normalized spacial score (nSPS) is 21.6. The summed E-state index contributed by atoms with van der Waals surface area (Å²) in [6, 6.07) is 6.10. The number of pyridine rings is 1. The van der Waals surface area contributed by atoms with Gasteiger partial charge in [0.25, 0.3) is 0 Å². The van der Waals surface area contributed by atoms with E-state index in [0.717, 1.165) is 43.4 Å². The van der Waals surface area contributed by atoms with E-state index in [1.165, 1.54) is 25.7 Å². The van der Waals surface area contributed by atoms with Crippen molar-refractivity contribution < 1.29 is 0 Å². The summed E-state index contributed by atoms with van der Waals surface area (Å²) in [6.45, 7) is 9.42. The highest BCUT2D eigenvalue weighted by atomic mass is 32.1. The number of hydrogen-bond donors (Lipinski definition) is 2. The first-order valence-electron chi connectivity index (χ1n) is 11.4. The largest absolute Gasteiger partial charge is 0.358 e. The first-order valence-corrected chi connectivity index (χ1v) is 11.8. The number of aromatic nitrogens is 3. The number of hydrogen-bond acceptors (Lipinski definition) is 6. The molecule has 4 rings (SSSR count). The summed E-state index contributed by atoms with van der Waals surface area (Å²) in [6.07, 6.45) is 8.59. The lowest BCUT2D eigenvalue weighted by Crippen LogP contribution is -2.40. The monoisotopic (exact) mass is 439 g/mol. The van der Waals surface area contributed by atoms with Crippen LogP contribution in [0.3, 0.4) is 0 Å². The first-order chi connectivity index (χ1) is 15.1. The van der Waals surface area contributed by atoms with Crippen LogP contribution < -0.4 is 20.4 Å². The van der Waals surface area contributed by atoms with Crippen molar-refractivity contribution in [2.75, 3.05) is 41.3 Å². The van der Waals surface area contributed by atoms with Gasteiger partial charge in [0, 0.05) is 51.2 Å². The maximum Gasteiger partial charge on any atom is 0.232 e. The number of thiocarbonyl (C=S) groups is 1. The van der Waals surface area contributed by atoms with E-state index in [-0.39, 0.29) is 0 Å². The van der Waals surface area contributed by atoms with Crippen molar-refractivity contribution >= 4 is 34.9 Å². The van der Waals surface area contributed by atoms with Gasteiger partial charge in [-0.2, -0.15) is 9.97 Å². The van der Waals surface area contributed by atoms with Gasteiger partial charge in [-0.25, -0.2) is 0 Å². The van der Waals surface area contributed by atoms with Gasteiger partial charge in [0.2, 0.25) is 5.95 Å². The van der Waals surface area contributed by atoms with Crippen LogP contribution in [0.2, 0.25) is 0 Å². The third kappa shape index (κ3) is 6.03. The van der Waals surface area contributed by atoms with Crippen molar-refractivity contribution in [2.24, 2.45) is 11.8 Å². The Morgan fingerprint density at radius 2 is 1.77 bits per heavy atom. The lowest BCUT2D eigenvalue weighted by Gasteiger charge is -2.36. The predicted octanol–water partition coefficient (Wildman–Crippen LogP) is 3.83. The van der Waals surface area contributed by atoms with Crippen LogP contribution in [0.1, 0.15) is 45.1 Å². The Balaban J connectivity index is 1.51. The van der Waals surface area contributed by atoms with E-state index < -0.39 is 0 Å². The number of anilines is 3. The van der Waals surface area contributed by atoms with Crippen LogP contribution in [-0.2, 0) is 6.54 Å². The molecule has 0 amide bonds. The van der Waals surface area contributed by atoms with Crippen molar-refractivity contribution in [1.82, 2.24) is 20.3 Å². The quantitative estimate of drug-likeness (QED) is 0.682. The van der Waals surface area contributed by atoms with E-state index in [9.17, 15) is 0 Å². The zero-order valence-corrected chi connectivity index (χ0v) is 19.4. The van der Waals surface area contributed by atoms with E-state index in [2.05, 4.69) is 45.3 Å². The van der Waals surface area contributed by atoms with Crippen molar-refractivity contribution in [3.05, 3.63) is 36.2 Å². The molecule has 0 unspecified atom stereocenters. The fourth-order valence-corrected chi connectivity index (χ4v) is 4.77. The number of nitrogens with zero attached hydrogens (tertiary/aromatic N) is 5. The predicted molar refractivity (Wildman–Crippen MR) is 131 cm³/mol. The van der Waals surface area contributed by atoms with Crippen LogP contribution in [0.4, 0.5) is 17.6 Å². The molecule has 0 aliphatic carbocycles. The van der Waals surface area contributed by atoms with Crippen LogP contribution in [-0.4, -0.2) is 46.2 Å². The highest BCUT2D eigenvalue weighted by molar-refractivity contribution is 7.80. The van der Waals surface area contributed by atoms with Gasteiger partial charge in [0.1, 0.15) is 11.6 Å². The Labute approximate surface area is 190 Å². The standard InChI is InChI=1S/C23H33N7S/c1-17-11-18(2)16-30(15-17)21-12-20(29-9-4-3-5-10-29)26-22(27-21)28-23(31)25-14-19-7-6-8-24-13-19/h6-8,12-13,17-18H,3-5,9-11,14-16H2,1-2H3,(H2,25,26,27,28,31)/t17-,18+. The van der Waals surface area contributed by atoms with Gasteiger partial charge in [-0.15, -0.1) is 0 Å². The topological polar surface area (TPSA) is 69.2 Å². The average Bonchev–Trinajstić information content (AvgIpc) is 2.78. The van der Waals surface area contributed by atoms with E-state index in [4.69, 9.17) is 22.2 Å². The molecule has 2 N–H and O–H groups in total. The van der Waals surface area contributed by atoms with E-state index in [1.807, 2.05) is 18.3 Å². The summed E-state index contributed by atoms with van der Waals surface area (Å²) in [5.74, 6) is 3.87. The molecule has 2 aliphatic rings. The molecule has 2 aromatic heterocycles. The minimum absolute atomic E-state index is 0.519. The Bertz CT molecular complexity index is 859. The SMILES string of the molecule is C[C@@H]1C[C@H](C)CN(c2cc(N3CCCCC3)nc(NC(=S)NCc3cccnc3)n2)C1. The fourth-order valence-electron chi connectivity index (χ4n) is 4.61. The summed E-state index contributed by atoms with van der Waals surface area (Å²) in [5.41, 5.74) is 1.08. The summed E-state index contributed by atoms with van der Waals surface area (Å²) in [5, 5.41) is 6.97. The van der Waals surface area contributed by atoms with Crippen LogP contribution >= 0.6 is 12.2 Å². The molecule has 2 atom stereocenters. The van der Waals surface area contributed by atoms with Crippen LogP contribution in [0.5, 0.6) is 0 Å². The van der Waals surface area contributed by atoms with Crippen molar-refractivity contribution in [3.63, 3.8) is 0 Å². The van der Waals surface area contributed by atoms with Gasteiger partial charge in [0.05, 0.1) is 0 Å². The molecule has 4 heterocycles. The molecular formula is C23H33N7S. The van der Waals surface area contributed by atoms with Crippen LogP contribution in [0.15, 0.2) is 30.6 Å². The Morgan fingerprint density at radius 3 is 2.45 bits per heavy atom. The highest BCUT2D eigenvalue weighted by Gasteiger charge is 2.25. The molecule has 8 heteroatoms. The van der Waals surface area contributed by atoms with Crippen molar-refractivity contribution in [1.29, 1.82) is 0 Å². The maximum absolute atomic E-state index is 5.52. The zero-order chi connectivity index (χ0) is 21.6. The molecule has 2 aromatic rings. The Hall–Kier alpha value is -2.48. The molecule has 31 heavy (non-hydrogen) atoms. The lowest BCUT2D eigenvalue weighted by molar-refractivity contribution is 0.355. The number of piperidine rings is 2. The molecule has 7 nitrogen and oxygen atoms in total. The third-order valence-corrected chi connectivity index (χ3v) is 6.22. The third-order valence-electron chi connectivity index (χ3n) is 5.97. The second kappa shape index (κ2) is 10.2.